The fraction of sp³-hybridized carbons (Fsp3) is 0.174. The second-order valence-electron chi connectivity index (χ2n) is 6.74. The molecule has 1 N–H and O–H groups in total. The van der Waals surface area contributed by atoms with E-state index in [9.17, 15) is 4.79 Å². The van der Waals surface area contributed by atoms with Crippen LogP contribution in [0.2, 0.25) is 0 Å². The van der Waals surface area contributed by atoms with Crippen LogP contribution < -0.4 is 19.5 Å². The normalized spacial score (nSPS) is 10.6. The second kappa shape index (κ2) is 8.84. The SMILES string of the molecule is COC(=O)c1cccc(-n2ccc3cnc(Nc4cc(OC)c(OC)c(OC)c4)nc32)c1. The molecule has 164 valence electrons. The number of anilines is 2. The number of carbonyl (C=O) groups excluding carboxylic acids is 1. The van der Waals surface area contributed by atoms with Gasteiger partial charge < -0.3 is 28.8 Å². The molecule has 0 bridgehead atoms. The molecule has 2 aromatic heterocycles. The highest BCUT2D eigenvalue weighted by Crippen LogP contribution is 2.40. The average Bonchev–Trinajstić information content (AvgIpc) is 3.26. The molecule has 0 saturated heterocycles. The first-order chi connectivity index (χ1) is 15.6. The number of ether oxygens (including phenoxy) is 4. The maximum Gasteiger partial charge on any atom is 0.337 e. The van der Waals surface area contributed by atoms with Gasteiger partial charge >= 0.3 is 5.97 Å². The van der Waals surface area contributed by atoms with Crippen molar-refractivity contribution in [3.05, 3.63) is 60.4 Å². The van der Waals surface area contributed by atoms with Crippen LogP contribution in [0.25, 0.3) is 16.7 Å². The van der Waals surface area contributed by atoms with Gasteiger partial charge in [0.2, 0.25) is 11.7 Å². The predicted molar refractivity (Wildman–Crippen MR) is 120 cm³/mol. The van der Waals surface area contributed by atoms with E-state index in [0.29, 0.717) is 40.1 Å². The number of benzene rings is 2. The molecule has 32 heavy (non-hydrogen) atoms. The van der Waals surface area contributed by atoms with Crippen LogP contribution in [-0.4, -0.2) is 48.9 Å². The fourth-order valence-electron chi connectivity index (χ4n) is 3.37. The van der Waals surface area contributed by atoms with Crippen LogP contribution in [0.1, 0.15) is 10.4 Å². The Morgan fingerprint density at radius 3 is 2.38 bits per heavy atom. The van der Waals surface area contributed by atoms with Crippen molar-refractivity contribution in [3.63, 3.8) is 0 Å². The number of fused-ring (bicyclic) bond motifs is 1. The summed E-state index contributed by atoms with van der Waals surface area (Å²) < 4.78 is 22.9. The predicted octanol–water partition coefficient (Wildman–Crippen LogP) is 3.98. The molecule has 2 aromatic carbocycles. The molecule has 0 amide bonds. The van der Waals surface area contributed by atoms with Crippen molar-refractivity contribution in [1.29, 1.82) is 0 Å². The number of rotatable bonds is 7. The summed E-state index contributed by atoms with van der Waals surface area (Å²) in [4.78, 5) is 21.0. The van der Waals surface area contributed by atoms with Crippen LogP contribution in [0.3, 0.4) is 0 Å². The highest BCUT2D eigenvalue weighted by Gasteiger charge is 2.15. The van der Waals surface area contributed by atoms with Gasteiger partial charge in [0.15, 0.2) is 11.5 Å². The summed E-state index contributed by atoms with van der Waals surface area (Å²) in [7, 11) is 6.01. The molecule has 0 aliphatic rings. The average molecular weight is 434 g/mol. The lowest BCUT2D eigenvalue weighted by Crippen LogP contribution is -2.04. The highest BCUT2D eigenvalue weighted by molar-refractivity contribution is 5.90. The number of methoxy groups -OCH3 is 4. The molecule has 0 saturated carbocycles. The van der Waals surface area contributed by atoms with Crippen LogP contribution in [0.5, 0.6) is 17.2 Å². The van der Waals surface area contributed by atoms with E-state index in [1.165, 1.54) is 7.11 Å². The third-order valence-corrected chi connectivity index (χ3v) is 4.89. The number of hydrogen-bond donors (Lipinski definition) is 1. The maximum atomic E-state index is 11.9. The topological polar surface area (TPSA) is 96.7 Å². The first-order valence-corrected chi connectivity index (χ1v) is 9.67. The highest BCUT2D eigenvalue weighted by atomic mass is 16.5. The van der Waals surface area contributed by atoms with Gasteiger partial charge in [-0.2, -0.15) is 4.98 Å². The van der Waals surface area contributed by atoms with E-state index in [1.807, 2.05) is 22.9 Å². The Balaban J connectivity index is 1.72. The molecule has 9 heteroatoms. The molecular formula is C23H22N4O5. The van der Waals surface area contributed by atoms with Crippen LogP contribution in [0, 0.1) is 0 Å². The van der Waals surface area contributed by atoms with E-state index in [-0.39, 0.29) is 0 Å². The van der Waals surface area contributed by atoms with Crippen molar-refractivity contribution in [3.8, 4) is 22.9 Å². The van der Waals surface area contributed by atoms with Crippen molar-refractivity contribution < 1.29 is 23.7 Å². The van der Waals surface area contributed by atoms with Gasteiger partial charge in [-0.15, -0.1) is 0 Å². The summed E-state index contributed by atoms with van der Waals surface area (Å²) >= 11 is 0. The summed E-state index contributed by atoms with van der Waals surface area (Å²) in [5.41, 5.74) is 2.58. The van der Waals surface area contributed by atoms with Gasteiger partial charge in [0, 0.05) is 41.3 Å². The fourth-order valence-corrected chi connectivity index (χ4v) is 3.37. The number of carbonyl (C=O) groups is 1. The Hall–Kier alpha value is -4.27. The van der Waals surface area contributed by atoms with E-state index in [2.05, 4.69) is 15.3 Å². The van der Waals surface area contributed by atoms with Crippen molar-refractivity contribution in [1.82, 2.24) is 14.5 Å². The maximum absolute atomic E-state index is 11.9. The van der Waals surface area contributed by atoms with E-state index >= 15 is 0 Å². The summed E-state index contributed by atoms with van der Waals surface area (Å²) in [5, 5.41) is 4.03. The minimum atomic E-state index is -0.400. The van der Waals surface area contributed by atoms with Gasteiger partial charge in [-0.3, -0.25) is 0 Å². The molecule has 0 aliphatic heterocycles. The monoisotopic (exact) mass is 434 g/mol. The van der Waals surface area contributed by atoms with Crippen LogP contribution in [-0.2, 0) is 4.74 Å². The zero-order valence-electron chi connectivity index (χ0n) is 18.1. The molecule has 0 aliphatic carbocycles. The van der Waals surface area contributed by atoms with Gasteiger partial charge in [0.05, 0.1) is 34.0 Å². The molecule has 0 unspecified atom stereocenters. The summed E-state index contributed by atoms with van der Waals surface area (Å²) in [5.74, 6) is 1.51. The van der Waals surface area contributed by atoms with Gasteiger partial charge in [-0.05, 0) is 24.3 Å². The summed E-state index contributed by atoms with van der Waals surface area (Å²) in [6.07, 6.45) is 3.60. The van der Waals surface area contributed by atoms with E-state index < -0.39 is 5.97 Å². The number of hydrogen-bond acceptors (Lipinski definition) is 8. The van der Waals surface area contributed by atoms with Crippen LogP contribution >= 0.6 is 0 Å². The zero-order valence-corrected chi connectivity index (χ0v) is 18.1. The Morgan fingerprint density at radius 1 is 0.969 bits per heavy atom. The number of aromatic nitrogens is 3. The second-order valence-corrected chi connectivity index (χ2v) is 6.74. The summed E-state index contributed by atoms with van der Waals surface area (Å²) in [6, 6.07) is 12.6. The van der Waals surface area contributed by atoms with Crippen LogP contribution in [0.15, 0.2) is 54.9 Å². The smallest absolute Gasteiger partial charge is 0.337 e. The van der Waals surface area contributed by atoms with Crippen molar-refractivity contribution in [2.75, 3.05) is 33.8 Å². The molecule has 2 heterocycles. The van der Waals surface area contributed by atoms with Crippen LogP contribution in [0.4, 0.5) is 11.6 Å². The molecule has 4 aromatic rings. The molecule has 0 fully saturated rings. The van der Waals surface area contributed by atoms with Crippen molar-refractivity contribution in [2.45, 2.75) is 0 Å². The first-order valence-electron chi connectivity index (χ1n) is 9.67. The molecule has 0 radical (unpaired) electrons. The Labute approximate surface area is 184 Å². The van der Waals surface area contributed by atoms with Crippen molar-refractivity contribution in [2.24, 2.45) is 0 Å². The number of esters is 1. The zero-order chi connectivity index (χ0) is 22.7. The minimum absolute atomic E-state index is 0.385. The Morgan fingerprint density at radius 2 is 1.72 bits per heavy atom. The van der Waals surface area contributed by atoms with Gasteiger partial charge in [-0.1, -0.05) is 6.07 Å². The molecular weight excluding hydrogens is 412 g/mol. The molecule has 4 rings (SSSR count). The number of nitrogens with zero attached hydrogens (tertiary/aromatic N) is 3. The minimum Gasteiger partial charge on any atom is -0.493 e. The summed E-state index contributed by atoms with van der Waals surface area (Å²) in [6.45, 7) is 0. The first kappa shape index (κ1) is 21.0. The molecule has 9 nitrogen and oxygen atoms in total. The lowest BCUT2D eigenvalue weighted by atomic mass is 10.2. The lowest BCUT2D eigenvalue weighted by molar-refractivity contribution is 0.0600. The standard InChI is InChI=1S/C23H22N4O5/c1-29-18-11-16(12-19(30-2)20(18)31-3)25-23-24-13-15-8-9-27(21(15)26-23)17-7-5-6-14(10-17)22(28)32-4/h5-13H,1-4H3,(H,24,25,26). The van der Waals surface area contributed by atoms with Crippen molar-refractivity contribution >= 4 is 28.6 Å². The third-order valence-electron chi connectivity index (χ3n) is 4.89. The quantitative estimate of drug-likeness (QED) is 0.437. The Kier molecular flexibility index (Phi) is 5.80. The third kappa shape index (κ3) is 3.87. The Bertz CT molecular complexity index is 1260. The van der Waals surface area contributed by atoms with Gasteiger partial charge in [0.25, 0.3) is 0 Å². The van der Waals surface area contributed by atoms with Gasteiger partial charge in [-0.25, -0.2) is 9.78 Å². The number of nitrogens with one attached hydrogen (secondary N) is 1. The molecule has 0 spiro atoms. The van der Waals surface area contributed by atoms with Gasteiger partial charge in [0.1, 0.15) is 5.65 Å². The lowest BCUT2D eigenvalue weighted by Gasteiger charge is -2.14. The van der Waals surface area contributed by atoms with E-state index in [0.717, 1.165) is 11.1 Å². The van der Waals surface area contributed by atoms with E-state index in [4.69, 9.17) is 18.9 Å². The van der Waals surface area contributed by atoms with E-state index in [1.54, 1.807) is 57.9 Å². The largest absolute Gasteiger partial charge is 0.493 e. The molecule has 0 atom stereocenters.